The lowest BCUT2D eigenvalue weighted by Crippen LogP contribution is -2.18. The third-order valence-electron chi connectivity index (χ3n) is 4.30. The second kappa shape index (κ2) is 8.04. The molecule has 23 heavy (non-hydrogen) atoms. The number of rotatable bonds is 5. The maximum absolute atomic E-state index is 13.6. The molecule has 1 aromatic carbocycles. The normalized spacial score (nSPS) is 22.5. The van der Waals surface area contributed by atoms with Gasteiger partial charge in [-0.1, -0.05) is 23.7 Å². The van der Waals surface area contributed by atoms with Crippen LogP contribution >= 0.6 is 11.6 Å². The molecule has 6 heteroatoms. The summed E-state index contributed by atoms with van der Waals surface area (Å²) in [6.45, 7) is 0. The van der Waals surface area contributed by atoms with Gasteiger partial charge in [-0.2, -0.15) is 0 Å². The molecule has 0 bridgehead atoms. The van der Waals surface area contributed by atoms with Gasteiger partial charge in [0.25, 0.3) is 0 Å². The Kier molecular flexibility index (Phi) is 6.33. The highest BCUT2D eigenvalue weighted by atomic mass is 35.5. The zero-order chi connectivity index (χ0) is 16.9. The van der Waals surface area contributed by atoms with E-state index in [-0.39, 0.29) is 0 Å². The van der Waals surface area contributed by atoms with Gasteiger partial charge in [0.05, 0.1) is 0 Å². The van der Waals surface area contributed by atoms with Gasteiger partial charge in [-0.15, -0.1) is 13.2 Å². The van der Waals surface area contributed by atoms with Crippen molar-refractivity contribution in [2.45, 2.75) is 44.9 Å². The summed E-state index contributed by atoms with van der Waals surface area (Å²) in [6.07, 6.45) is 3.11. The molecular formula is C17H19ClF4O. The Hall–Kier alpha value is -1.23. The smallest absolute Gasteiger partial charge is 0.403 e. The first-order valence-electron chi connectivity index (χ1n) is 7.68. The lowest BCUT2D eigenvalue weighted by Gasteiger charge is -2.26. The minimum Gasteiger partial charge on any atom is -0.403 e. The minimum atomic E-state index is -4.88. The molecule has 0 heterocycles. The molecule has 1 saturated carbocycles. The Bertz CT molecular complexity index is 534. The Balaban J connectivity index is 1.84. The average molecular weight is 351 g/mol. The van der Waals surface area contributed by atoms with Crippen LogP contribution in [-0.4, -0.2) is 6.36 Å². The monoisotopic (exact) mass is 350 g/mol. The second-order valence-corrected chi connectivity index (χ2v) is 6.20. The van der Waals surface area contributed by atoms with E-state index in [4.69, 9.17) is 11.6 Å². The van der Waals surface area contributed by atoms with E-state index in [1.54, 1.807) is 5.54 Å². The van der Waals surface area contributed by atoms with Crippen molar-refractivity contribution in [3.8, 4) is 5.75 Å². The van der Waals surface area contributed by atoms with Crippen LogP contribution in [0.25, 0.3) is 0 Å². The first-order chi connectivity index (χ1) is 10.9. The van der Waals surface area contributed by atoms with E-state index >= 15 is 0 Å². The SMILES string of the molecule is Fc1cc(CCC2CCC(/C=C/Cl)CC2)ccc1OC(F)(F)F. The number of benzene rings is 1. The number of alkyl halides is 3. The molecule has 0 aliphatic heterocycles. The number of ether oxygens (including phenoxy) is 1. The fourth-order valence-electron chi connectivity index (χ4n) is 3.05. The van der Waals surface area contributed by atoms with Crippen molar-refractivity contribution in [1.29, 1.82) is 0 Å². The van der Waals surface area contributed by atoms with Crippen LogP contribution < -0.4 is 4.74 Å². The Labute approximate surface area is 138 Å². The van der Waals surface area contributed by atoms with Crippen LogP contribution in [0.2, 0.25) is 0 Å². The topological polar surface area (TPSA) is 9.23 Å². The molecule has 0 spiro atoms. The summed E-state index contributed by atoms with van der Waals surface area (Å²) in [6, 6.07) is 3.66. The van der Waals surface area contributed by atoms with E-state index in [9.17, 15) is 17.6 Å². The molecule has 2 rings (SSSR count). The maximum atomic E-state index is 13.6. The molecule has 0 N–H and O–H groups in total. The molecule has 1 nitrogen and oxygen atoms in total. The fraction of sp³-hybridized carbons (Fsp3) is 0.529. The Morgan fingerprint density at radius 1 is 1.17 bits per heavy atom. The molecule has 0 atom stereocenters. The average Bonchev–Trinajstić information content (AvgIpc) is 2.48. The predicted molar refractivity (Wildman–Crippen MR) is 81.8 cm³/mol. The number of allylic oxidation sites excluding steroid dienone is 1. The van der Waals surface area contributed by atoms with Crippen LogP contribution in [0.1, 0.15) is 37.7 Å². The van der Waals surface area contributed by atoms with Crippen molar-refractivity contribution < 1.29 is 22.3 Å². The van der Waals surface area contributed by atoms with Gasteiger partial charge in [-0.3, -0.25) is 0 Å². The molecule has 1 fully saturated rings. The van der Waals surface area contributed by atoms with E-state index in [2.05, 4.69) is 4.74 Å². The van der Waals surface area contributed by atoms with Gasteiger partial charge in [0.1, 0.15) is 0 Å². The first-order valence-corrected chi connectivity index (χ1v) is 8.12. The molecule has 1 aliphatic rings. The van der Waals surface area contributed by atoms with Gasteiger partial charge >= 0.3 is 6.36 Å². The molecule has 1 aromatic rings. The third-order valence-corrected chi connectivity index (χ3v) is 4.45. The summed E-state index contributed by atoms with van der Waals surface area (Å²) < 4.78 is 53.6. The summed E-state index contributed by atoms with van der Waals surface area (Å²) in [7, 11) is 0. The van der Waals surface area contributed by atoms with Gasteiger partial charge < -0.3 is 4.74 Å². The van der Waals surface area contributed by atoms with Gasteiger partial charge in [-0.05, 0) is 68.1 Å². The van der Waals surface area contributed by atoms with E-state index in [1.165, 1.54) is 6.07 Å². The third kappa shape index (κ3) is 6.05. The quantitative estimate of drug-likeness (QED) is 0.573. The number of hydrogen-bond acceptors (Lipinski definition) is 1. The summed E-state index contributed by atoms with van der Waals surface area (Å²) in [4.78, 5) is 0. The van der Waals surface area contributed by atoms with Crippen LogP contribution in [0.5, 0.6) is 5.75 Å². The maximum Gasteiger partial charge on any atom is 0.573 e. The zero-order valence-corrected chi connectivity index (χ0v) is 13.3. The van der Waals surface area contributed by atoms with Crippen molar-refractivity contribution in [2.75, 3.05) is 0 Å². The molecule has 1 aliphatic carbocycles. The second-order valence-electron chi connectivity index (χ2n) is 5.95. The number of aryl methyl sites for hydroxylation is 1. The van der Waals surface area contributed by atoms with E-state index in [0.29, 0.717) is 23.8 Å². The largest absolute Gasteiger partial charge is 0.573 e. The van der Waals surface area contributed by atoms with E-state index < -0.39 is 17.9 Å². The lowest BCUT2D eigenvalue weighted by molar-refractivity contribution is -0.275. The van der Waals surface area contributed by atoms with Crippen molar-refractivity contribution in [2.24, 2.45) is 11.8 Å². The molecule has 0 amide bonds. The van der Waals surface area contributed by atoms with Gasteiger partial charge in [0.2, 0.25) is 0 Å². The predicted octanol–water partition coefficient (Wildman–Crippen LogP) is 6.22. The lowest BCUT2D eigenvalue weighted by atomic mass is 9.79. The van der Waals surface area contributed by atoms with Crippen LogP contribution in [0.15, 0.2) is 29.8 Å². The summed E-state index contributed by atoms with van der Waals surface area (Å²) in [5.74, 6) is -0.644. The van der Waals surface area contributed by atoms with Gasteiger partial charge in [0.15, 0.2) is 11.6 Å². The summed E-state index contributed by atoms with van der Waals surface area (Å²) in [5.41, 5.74) is 2.26. The van der Waals surface area contributed by atoms with E-state index in [0.717, 1.165) is 44.2 Å². The van der Waals surface area contributed by atoms with Crippen molar-refractivity contribution in [3.05, 3.63) is 41.2 Å². The molecule has 128 valence electrons. The Morgan fingerprint density at radius 3 is 2.43 bits per heavy atom. The molecular weight excluding hydrogens is 332 g/mol. The van der Waals surface area contributed by atoms with Crippen LogP contribution in [0.4, 0.5) is 17.6 Å². The van der Waals surface area contributed by atoms with Crippen LogP contribution in [0.3, 0.4) is 0 Å². The van der Waals surface area contributed by atoms with Crippen LogP contribution in [-0.2, 0) is 6.42 Å². The standard InChI is InChI=1S/C17H19ClF4O/c18-10-9-13-3-1-12(2-4-13)5-6-14-7-8-16(15(19)11-14)23-17(20,21)22/h7-13H,1-6H2/b10-9+. The molecule has 0 aromatic heterocycles. The van der Waals surface area contributed by atoms with Gasteiger partial charge in [-0.25, -0.2) is 4.39 Å². The highest BCUT2D eigenvalue weighted by Crippen LogP contribution is 2.33. The van der Waals surface area contributed by atoms with Gasteiger partial charge in [0, 0.05) is 5.54 Å². The van der Waals surface area contributed by atoms with Crippen molar-refractivity contribution in [1.82, 2.24) is 0 Å². The zero-order valence-electron chi connectivity index (χ0n) is 12.6. The highest BCUT2D eigenvalue weighted by molar-refractivity contribution is 6.25. The number of halogens is 5. The molecule has 0 unspecified atom stereocenters. The summed E-state index contributed by atoms with van der Waals surface area (Å²) in [5, 5.41) is 0. The molecule has 0 saturated heterocycles. The van der Waals surface area contributed by atoms with E-state index in [1.807, 2.05) is 6.08 Å². The first kappa shape index (κ1) is 18.1. The number of hydrogen-bond donors (Lipinski definition) is 0. The molecule has 0 radical (unpaired) electrons. The van der Waals surface area contributed by atoms with Crippen molar-refractivity contribution >= 4 is 11.6 Å². The van der Waals surface area contributed by atoms with Crippen molar-refractivity contribution in [3.63, 3.8) is 0 Å². The van der Waals surface area contributed by atoms with Crippen LogP contribution in [0, 0.1) is 17.7 Å². The Morgan fingerprint density at radius 2 is 1.87 bits per heavy atom. The summed E-state index contributed by atoms with van der Waals surface area (Å²) >= 11 is 5.58. The minimum absolute atomic E-state index is 0.542. The fourth-order valence-corrected chi connectivity index (χ4v) is 3.26. The highest BCUT2D eigenvalue weighted by Gasteiger charge is 2.32.